The van der Waals surface area contributed by atoms with Crippen LogP contribution in [0.4, 0.5) is 5.69 Å². The molecule has 2 aromatic carbocycles. The Morgan fingerprint density at radius 1 is 0.962 bits per heavy atom. The molecule has 5 nitrogen and oxygen atoms in total. The molecule has 3 aromatic rings. The average molecular weight is 347 g/mol. The van der Waals surface area contributed by atoms with Crippen LogP contribution < -0.4 is 5.32 Å². The molecule has 26 heavy (non-hydrogen) atoms. The van der Waals surface area contributed by atoms with Crippen molar-refractivity contribution in [1.82, 2.24) is 9.88 Å². The second kappa shape index (κ2) is 7.35. The molecule has 1 aromatic heterocycles. The molecule has 0 aliphatic rings. The molecule has 1 N–H and O–H groups in total. The first-order valence-electron chi connectivity index (χ1n) is 8.43. The van der Waals surface area contributed by atoms with Crippen molar-refractivity contribution in [1.29, 1.82) is 0 Å². The largest absolute Gasteiger partial charge is 0.331 e. The Hall–Kier alpha value is -3.21. The second-order valence-corrected chi connectivity index (χ2v) is 6.37. The van der Waals surface area contributed by atoms with Crippen molar-refractivity contribution in [2.24, 2.45) is 0 Å². The lowest BCUT2D eigenvalue weighted by molar-refractivity contribution is -0.116. The lowest BCUT2D eigenvalue weighted by Gasteiger charge is -2.18. The van der Waals surface area contributed by atoms with E-state index in [0.717, 1.165) is 27.7 Å². The number of para-hydroxylation sites is 2. The van der Waals surface area contributed by atoms with Crippen LogP contribution >= 0.6 is 0 Å². The summed E-state index contributed by atoms with van der Waals surface area (Å²) >= 11 is 0. The maximum atomic E-state index is 12.6. The van der Waals surface area contributed by atoms with Gasteiger partial charge in [-0.05, 0) is 37.1 Å². The third-order valence-corrected chi connectivity index (χ3v) is 4.29. The molecule has 0 fully saturated rings. The standard InChI is InChI=1S/C21H21N3O2/c1-14-7-6-8-15(2)20(14)23-19(25)13-24(3)21(26)18-12-11-16-9-4-5-10-17(16)22-18/h4-12H,13H2,1-3H3,(H,23,25). The minimum atomic E-state index is -0.285. The number of nitrogens with one attached hydrogen (secondary N) is 1. The molecule has 0 aliphatic carbocycles. The van der Waals surface area contributed by atoms with Gasteiger partial charge in [-0.1, -0.05) is 42.5 Å². The van der Waals surface area contributed by atoms with Gasteiger partial charge in [0.2, 0.25) is 5.91 Å². The van der Waals surface area contributed by atoms with E-state index < -0.39 is 0 Å². The second-order valence-electron chi connectivity index (χ2n) is 6.37. The van der Waals surface area contributed by atoms with Crippen LogP contribution in [0.5, 0.6) is 0 Å². The molecule has 0 saturated heterocycles. The van der Waals surface area contributed by atoms with Crippen LogP contribution in [-0.2, 0) is 4.79 Å². The van der Waals surface area contributed by atoms with Crippen LogP contribution in [0.3, 0.4) is 0 Å². The van der Waals surface area contributed by atoms with Crippen molar-refractivity contribution < 1.29 is 9.59 Å². The lowest BCUT2D eigenvalue weighted by atomic mass is 10.1. The summed E-state index contributed by atoms with van der Waals surface area (Å²) in [5, 5.41) is 3.86. The van der Waals surface area contributed by atoms with Gasteiger partial charge in [-0.3, -0.25) is 9.59 Å². The van der Waals surface area contributed by atoms with Gasteiger partial charge in [-0.15, -0.1) is 0 Å². The summed E-state index contributed by atoms with van der Waals surface area (Å²) in [6.45, 7) is 3.84. The van der Waals surface area contributed by atoms with E-state index in [0.29, 0.717) is 5.69 Å². The molecule has 0 atom stereocenters. The molecule has 132 valence electrons. The average Bonchev–Trinajstić information content (AvgIpc) is 2.63. The first-order chi connectivity index (χ1) is 12.5. The van der Waals surface area contributed by atoms with Gasteiger partial charge in [-0.2, -0.15) is 0 Å². The van der Waals surface area contributed by atoms with Crippen molar-refractivity contribution >= 4 is 28.4 Å². The molecular weight excluding hydrogens is 326 g/mol. The predicted molar refractivity (Wildman–Crippen MR) is 103 cm³/mol. The number of hydrogen-bond donors (Lipinski definition) is 1. The summed E-state index contributed by atoms with van der Waals surface area (Å²) < 4.78 is 0. The van der Waals surface area contributed by atoms with Crippen molar-refractivity contribution in [3.8, 4) is 0 Å². The number of pyridine rings is 1. The highest BCUT2D eigenvalue weighted by atomic mass is 16.2. The zero-order chi connectivity index (χ0) is 18.7. The topological polar surface area (TPSA) is 62.3 Å². The number of likely N-dealkylation sites (N-methyl/N-ethyl adjacent to an activating group) is 1. The maximum Gasteiger partial charge on any atom is 0.272 e. The molecule has 0 bridgehead atoms. The molecular formula is C21H21N3O2. The van der Waals surface area contributed by atoms with E-state index in [1.165, 1.54) is 4.90 Å². The SMILES string of the molecule is Cc1cccc(C)c1NC(=O)CN(C)C(=O)c1ccc2ccccc2n1. The highest BCUT2D eigenvalue weighted by Gasteiger charge is 2.17. The van der Waals surface area contributed by atoms with Gasteiger partial charge in [0.15, 0.2) is 0 Å². The Morgan fingerprint density at radius 3 is 2.38 bits per heavy atom. The van der Waals surface area contributed by atoms with Gasteiger partial charge in [-0.25, -0.2) is 4.98 Å². The number of amides is 2. The minimum absolute atomic E-state index is 0.0406. The number of nitrogens with zero attached hydrogens (tertiary/aromatic N) is 2. The Kier molecular flexibility index (Phi) is 4.98. The normalized spacial score (nSPS) is 10.6. The number of anilines is 1. The van der Waals surface area contributed by atoms with Gasteiger partial charge < -0.3 is 10.2 Å². The zero-order valence-corrected chi connectivity index (χ0v) is 15.1. The molecule has 0 aliphatic heterocycles. The first kappa shape index (κ1) is 17.6. The number of fused-ring (bicyclic) bond motifs is 1. The highest BCUT2D eigenvalue weighted by molar-refractivity contribution is 5.99. The smallest absolute Gasteiger partial charge is 0.272 e. The summed E-state index contributed by atoms with van der Waals surface area (Å²) in [5.74, 6) is -0.522. The van der Waals surface area contributed by atoms with E-state index in [1.807, 2.05) is 62.4 Å². The molecule has 1 heterocycles. The van der Waals surface area contributed by atoms with Crippen molar-refractivity contribution in [2.75, 3.05) is 18.9 Å². The molecule has 5 heteroatoms. The Bertz CT molecular complexity index is 962. The zero-order valence-electron chi connectivity index (χ0n) is 15.1. The fraction of sp³-hybridized carbons (Fsp3) is 0.190. The third kappa shape index (κ3) is 3.72. The molecule has 0 radical (unpaired) electrons. The molecule has 0 unspecified atom stereocenters. The van der Waals surface area contributed by atoms with Crippen LogP contribution in [0.1, 0.15) is 21.6 Å². The third-order valence-electron chi connectivity index (χ3n) is 4.29. The summed E-state index contributed by atoms with van der Waals surface area (Å²) in [7, 11) is 1.60. The predicted octanol–water partition coefficient (Wildman–Crippen LogP) is 3.56. The molecule has 0 saturated carbocycles. The van der Waals surface area contributed by atoms with E-state index in [4.69, 9.17) is 0 Å². The lowest BCUT2D eigenvalue weighted by Crippen LogP contribution is -2.35. The summed E-state index contributed by atoms with van der Waals surface area (Å²) in [5.41, 5.74) is 3.85. The summed E-state index contributed by atoms with van der Waals surface area (Å²) in [6, 6.07) is 17.0. The van der Waals surface area contributed by atoms with E-state index in [1.54, 1.807) is 13.1 Å². The quantitative estimate of drug-likeness (QED) is 0.785. The molecule has 0 spiro atoms. The fourth-order valence-electron chi connectivity index (χ4n) is 2.86. The number of aromatic nitrogens is 1. The first-order valence-corrected chi connectivity index (χ1v) is 8.43. The van der Waals surface area contributed by atoms with Gasteiger partial charge in [0.05, 0.1) is 12.1 Å². The Balaban J connectivity index is 1.71. The van der Waals surface area contributed by atoms with Gasteiger partial charge in [0, 0.05) is 18.1 Å². The summed E-state index contributed by atoms with van der Waals surface area (Å²) in [6.07, 6.45) is 0. The molecule has 3 rings (SSSR count). The van der Waals surface area contributed by atoms with Gasteiger partial charge >= 0.3 is 0 Å². The van der Waals surface area contributed by atoms with E-state index in [-0.39, 0.29) is 18.4 Å². The maximum absolute atomic E-state index is 12.6. The number of aryl methyl sites for hydroxylation is 2. The van der Waals surface area contributed by atoms with E-state index in [2.05, 4.69) is 10.3 Å². The summed E-state index contributed by atoms with van der Waals surface area (Å²) in [4.78, 5) is 30.7. The monoisotopic (exact) mass is 347 g/mol. The minimum Gasteiger partial charge on any atom is -0.331 e. The van der Waals surface area contributed by atoms with Crippen LogP contribution in [-0.4, -0.2) is 35.3 Å². The van der Waals surface area contributed by atoms with E-state index in [9.17, 15) is 9.59 Å². The number of carbonyl (C=O) groups is 2. The Morgan fingerprint density at radius 2 is 1.65 bits per heavy atom. The number of benzene rings is 2. The van der Waals surface area contributed by atoms with Crippen molar-refractivity contribution in [3.05, 3.63) is 71.4 Å². The number of hydrogen-bond acceptors (Lipinski definition) is 3. The van der Waals surface area contributed by atoms with Crippen LogP contribution in [0.2, 0.25) is 0 Å². The van der Waals surface area contributed by atoms with Crippen LogP contribution in [0.15, 0.2) is 54.6 Å². The number of rotatable bonds is 4. The van der Waals surface area contributed by atoms with Crippen molar-refractivity contribution in [3.63, 3.8) is 0 Å². The Labute approximate surface area is 152 Å². The fourth-order valence-corrected chi connectivity index (χ4v) is 2.86. The molecule has 2 amide bonds. The van der Waals surface area contributed by atoms with Crippen LogP contribution in [0.25, 0.3) is 10.9 Å². The van der Waals surface area contributed by atoms with E-state index >= 15 is 0 Å². The van der Waals surface area contributed by atoms with Crippen LogP contribution in [0, 0.1) is 13.8 Å². The van der Waals surface area contributed by atoms with Crippen molar-refractivity contribution in [2.45, 2.75) is 13.8 Å². The highest BCUT2D eigenvalue weighted by Crippen LogP contribution is 2.19. The number of carbonyl (C=O) groups excluding carboxylic acids is 2. The van der Waals surface area contributed by atoms with Gasteiger partial charge in [0.25, 0.3) is 5.91 Å². The van der Waals surface area contributed by atoms with Gasteiger partial charge in [0.1, 0.15) is 5.69 Å².